The van der Waals surface area contributed by atoms with E-state index in [1.54, 1.807) is 0 Å². The monoisotopic (exact) mass is 472 g/mol. The molecule has 0 fully saturated rings. The van der Waals surface area contributed by atoms with Crippen LogP contribution in [0.2, 0.25) is 0 Å². The summed E-state index contributed by atoms with van der Waals surface area (Å²) in [6, 6.07) is 42.0. The summed E-state index contributed by atoms with van der Waals surface area (Å²) >= 11 is 0. The summed E-state index contributed by atoms with van der Waals surface area (Å²) in [7, 11) is 0. The van der Waals surface area contributed by atoms with Gasteiger partial charge in [-0.05, 0) is 66.9 Å². The molecule has 0 saturated heterocycles. The van der Waals surface area contributed by atoms with Crippen LogP contribution in [0.15, 0.2) is 133 Å². The van der Waals surface area contributed by atoms with Gasteiger partial charge in [-0.25, -0.2) is 0 Å². The van der Waals surface area contributed by atoms with Crippen molar-refractivity contribution in [2.24, 2.45) is 0 Å². The Morgan fingerprint density at radius 2 is 1.03 bits per heavy atom. The van der Waals surface area contributed by atoms with E-state index in [9.17, 15) is 0 Å². The Morgan fingerprint density at radius 3 is 1.86 bits per heavy atom. The zero-order valence-electron chi connectivity index (χ0n) is 22.0. The number of para-hydroxylation sites is 1. The van der Waals surface area contributed by atoms with Gasteiger partial charge < -0.3 is 4.74 Å². The number of fused-ring (bicyclic) bond motifs is 4. The van der Waals surface area contributed by atoms with Crippen molar-refractivity contribution in [3.05, 3.63) is 133 Å². The predicted octanol–water partition coefficient (Wildman–Crippen LogP) is 10.3. The minimum absolute atomic E-state index is 0.471. The Labute approximate surface area is 218 Å². The summed E-state index contributed by atoms with van der Waals surface area (Å²) in [5.41, 5.74) is 6.63. The molecule has 1 aliphatic rings. The largest absolute Gasteiger partial charge is 0.456 e. The standard InChI is InChI=1S/C36H22O/c1-2-11-23(12-3-1)34-25-14-4-6-16-27(25)35(28-17-7-5-15-26(28)34)31-22-21-30-24-13-8-9-19-32(24)37-33-20-10-18-29(31)36(30)33/h1-22H/i4D,7D. The molecule has 0 aliphatic carbocycles. The van der Waals surface area contributed by atoms with Gasteiger partial charge in [0.05, 0.1) is 2.74 Å². The normalized spacial score (nSPS) is 12.8. The second kappa shape index (κ2) is 7.81. The molecule has 1 aliphatic heterocycles. The highest BCUT2D eigenvalue weighted by molar-refractivity contribution is 6.24. The average molecular weight is 473 g/mol. The van der Waals surface area contributed by atoms with Gasteiger partial charge in [-0.15, -0.1) is 0 Å². The maximum atomic E-state index is 8.55. The molecule has 0 aromatic heterocycles. The third kappa shape index (κ3) is 2.92. The minimum Gasteiger partial charge on any atom is -0.456 e. The first kappa shape index (κ1) is 18.4. The molecule has 0 bridgehead atoms. The van der Waals surface area contributed by atoms with Gasteiger partial charge >= 0.3 is 0 Å². The molecular formula is C36H22O. The lowest BCUT2D eigenvalue weighted by atomic mass is 9.83. The Hall–Kier alpha value is -4.88. The molecule has 0 spiro atoms. The summed E-state index contributed by atoms with van der Waals surface area (Å²) in [4.78, 5) is 0. The van der Waals surface area contributed by atoms with Gasteiger partial charge in [-0.1, -0.05) is 121 Å². The van der Waals surface area contributed by atoms with Gasteiger partial charge in [-0.3, -0.25) is 0 Å². The van der Waals surface area contributed by atoms with Crippen LogP contribution < -0.4 is 4.74 Å². The predicted molar refractivity (Wildman–Crippen MR) is 155 cm³/mol. The molecule has 0 atom stereocenters. The molecule has 0 radical (unpaired) electrons. The highest BCUT2D eigenvalue weighted by atomic mass is 16.5. The van der Waals surface area contributed by atoms with Crippen LogP contribution in [0.5, 0.6) is 11.5 Å². The molecule has 37 heavy (non-hydrogen) atoms. The van der Waals surface area contributed by atoms with Crippen molar-refractivity contribution in [2.45, 2.75) is 0 Å². The van der Waals surface area contributed by atoms with Crippen LogP contribution in [0.25, 0.3) is 65.7 Å². The molecule has 7 aromatic carbocycles. The Balaban J connectivity index is 1.55. The highest BCUT2D eigenvalue weighted by Crippen LogP contribution is 2.51. The van der Waals surface area contributed by atoms with Crippen LogP contribution in [-0.4, -0.2) is 0 Å². The first-order valence-electron chi connectivity index (χ1n) is 13.5. The average Bonchev–Trinajstić information content (AvgIpc) is 2.97. The lowest BCUT2D eigenvalue weighted by Crippen LogP contribution is -1.98. The van der Waals surface area contributed by atoms with Gasteiger partial charge in [0, 0.05) is 10.9 Å². The number of benzene rings is 7. The van der Waals surface area contributed by atoms with Crippen LogP contribution in [-0.2, 0) is 0 Å². The summed E-state index contributed by atoms with van der Waals surface area (Å²) in [5, 5.41) is 6.43. The van der Waals surface area contributed by atoms with E-state index in [1.165, 1.54) is 0 Å². The van der Waals surface area contributed by atoms with E-state index in [4.69, 9.17) is 7.48 Å². The lowest BCUT2D eigenvalue weighted by molar-refractivity contribution is 0.487. The molecule has 1 heterocycles. The van der Waals surface area contributed by atoms with E-state index in [-0.39, 0.29) is 0 Å². The van der Waals surface area contributed by atoms with Gasteiger partial charge in [0.1, 0.15) is 11.5 Å². The maximum Gasteiger partial charge on any atom is 0.135 e. The molecule has 172 valence electrons. The van der Waals surface area contributed by atoms with E-state index in [1.807, 2.05) is 66.7 Å². The summed E-state index contributed by atoms with van der Waals surface area (Å²) in [6.07, 6.45) is 0. The zero-order valence-corrected chi connectivity index (χ0v) is 20.0. The van der Waals surface area contributed by atoms with E-state index in [0.29, 0.717) is 12.1 Å². The van der Waals surface area contributed by atoms with Gasteiger partial charge in [0.15, 0.2) is 0 Å². The maximum absolute atomic E-state index is 8.55. The molecule has 1 nitrogen and oxygen atoms in total. The first-order valence-corrected chi connectivity index (χ1v) is 12.5. The van der Waals surface area contributed by atoms with E-state index >= 15 is 0 Å². The molecular weight excluding hydrogens is 448 g/mol. The zero-order chi connectivity index (χ0) is 26.1. The van der Waals surface area contributed by atoms with E-state index in [2.05, 4.69) is 54.6 Å². The summed E-state index contributed by atoms with van der Waals surface area (Å²) in [6.45, 7) is 0. The van der Waals surface area contributed by atoms with Crippen LogP contribution >= 0.6 is 0 Å². The van der Waals surface area contributed by atoms with Crippen molar-refractivity contribution in [1.29, 1.82) is 0 Å². The quantitative estimate of drug-likeness (QED) is 0.227. The fraction of sp³-hybridized carbons (Fsp3) is 0. The summed E-state index contributed by atoms with van der Waals surface area (Å²) < 4.78 is 23.4. The molecule has 1 heteroatoms. The third-order valence-electron chi connectivity index (χ3n) is 7.54. The SMILES string of the molecule is [2H]c1ccc2c(-c3ccc4c5c(cccc35)Oc3ccccc3-4)c3cc([2H])ccc3c(-c3ccccc3)c2c1. The van der Waals surface area contributed by atoms with Crippen molar-refractivity contribution >= 4 is 32.3 Å². The topological polar surface area (TPSA) is 9.23 Å². The smallest absolute Gasteiger partial charge is 0.135 e. The second-order valence-corrected chi connectivity index (χ2v) is 9.50. The Kier molecular flexibility index (Phi) is 3.88. The second-order valence-electron chi connectivity index (χ2n) is 9.50. The van der Waals surface area contributed by atoms with Gasteiger partial charge in [0.25, 0.3) is 0 Å². The molecule has 0 amide bonds. The lowest BCUT2D eigenvalue weighted by Gasteiger charge is -2.24. The molecule has 7 aromatic rings. The molecule has 0 N–H and O–H groups in total. The van der Waals surface area contributed by atoms with Crippen LogP contribution in [0.4, 0.5) is 0 Å². The fourth-order valence-corrected chi connectivity index (χ4v) is 6.00. The van der Waals surface area contributed by atoms with Crippen molar-refractivity contribution < 1.29 is 7.48 Å². The van der Waals surface area contributed by atoms with Crippen molar-refractivity contribution in [1.82, 2.24) is 0 Å². The molecule has 0 unspecified atom stereocenters. The highest BCUT2D eigenvalue weighted by Gasteiger charge is 2.23. The number of ether oxygens (including phenoxy) is 1. The minimum atomic E-state index is 0.471. The van der Waals surface area contributed by atoms with Gasteiger partial charge in [-0.2, -0.15) is 0 Å². The van der Waals surface area contributed by atoms with Crippen molar-refractivity contribution in [3.8, 4) is 44.9 Å². The van der Waals surface area contributed by atoms with E-state index in [0.717, 1.165) is 77.2 Å². The Bertz CT molecular complexity index is 2110. The molecule has 0 saturated carbocycles. The van der Waals surface area contributed by atoms with Gasteiger partial charge in [0.2, 0.25) is 0 Å². The number of rotatable bonds is 2. The number of hydrogen-bond acceptors (Lipinski definition) is 1. The fourth-order valence-electron chi connectivity index (χ4n) is 6.00. The number of hydrogen-bond donors (Lipinski definition) is 0. The van der Waals surface area contributed by atoms with Crippen LogP contribution in [0.1, 0.15) is 2.74 Å². The van der Waals surface area contributed by atoms with Crippen molar-refractivity contribution in [3.63, 3.8) is 0 Å². The van der Waals surface area contributed by atoms with Crippen LogP contribution in [0, 0.1) is 0 Å². The summed E-state index contributed by atoms with van der Waals surface area (Å²) in [5.74, 6) is 1.72. The van der Waals surface area contributed by atoms with E-state index < -0.39 is 0 Å². The first-order chi connectivity index (χ1) is 19.2. The van der Waals surface area contributed by atoms with Crippen molar-refractivity contribution in [2.75, 3.05) is 0 Å². The van der Waals surface area contributed by atoms with Crippen LogP contribution in [0.3, 0.4) is 0 Å². The molecule has 8 rings (SSSR count). The third-order valence-corrected chi connectivity index (χ3v) is 7.54. The Morgan fingerprint density at radius 1 is 0.405 bits per heavy atom.